The standard InChI is InChI=1S/C15H22N2O2/c1-15(11-4-5-11)14(19)17(8-13(18)16-15)12-7-9-2-3-10(12)6-9/h9-12H,2-8H2,1H3,(H,16,18). The highest BCUT2D eigenvalue weighted by molar-refractivity contribution is 5.98. The van der Waals surface area contributed by atoms with E-state index in [1.165, 1.54) is 19.3 Å². The Balaban J connectivity index is 1.60. The molecule has 4 atom stereocenters. The fourth-order valence-electron chi connectivity index (χ4n) is 4.71. The lowest BCUT2D eigenvalue weighted by Crippen LogP contribution is -2.68. The van der Waals surface area contributed by atoms with Crippen molar-refractivity contribution >= 4 is 11.8 Å². The number of hydrogen-bond donors (Lipinski definition) is 1. The van der Waals surface area contributed by atoms with Crippen LogP contribution in [0.2, 0.25) is 0 Å². The maximum atomic E-state index is 12.8. The van der Waals surface area contributed by atoms with Crippen LogP contribution in [0.15, 0.2) is 0 Å². The average molecular weight is 262 g/mol. The van der Waals surface area contributed by atoms with Crippen molar-refractivity contribution in [1.82, 2.24) is 10.2 Å². The molecule has 0 aromatic rings. The number of fused-ring (bicyclic) bond motifs is 2. The third-order valence-electron chi connectivity index (χ3n) is 5.91. The Morgan fingerprint density at radius 2 is 1.95 bits per heavy atom. The van der Waals surface area contributed by atoms with Crippen LogP contribution in [-0.2, 0) is 9.59 Å². The summed E-state index contributed by atoms with van der Waals surface area (Å²) in [6.07, 6.45) is 7.14. The normalized spacial score (nSPS) is 45.7. The summed E-state index contributed by atoms with van der Waals surface area (Å²) in [5, 5.41) is 2.97. The second kappa shape index (κ2) is 3.74. The quantitative estimate of drug-likeness (QED) is 0.815. The molecule has 1 saturated heterocycles. The van der Waals surface area contributed by atoms with Gasteiger partial charge in [-0.2, -0.15) is 0 Å². The Kier molecular flexibility index (Phi) is 2.31. The van der Waals surface area contributed by atoms with Crippen LogP contribution >= 0.6 is 0 Å². The van der Waals surface area contributed by atoms with E-state index in [-0.39, 0.29) is 18.4 Å². The van der Waals surface area contributed by atoms with Crippen molar-refractivity contribution in [2.24, 2.45) is 17.8 Å². The molecule has 4 fully saturated rings. The number of piperazine rings is 1. The predicted molar refractivity (Wildman–Crippen MR) is 70.2 cm³/mol. The zero-order valence-corrected chi connectivity index (χ0v) is 11.5. The molecule has 3 aliphatic carbocycles. The first-order chi connectivity index (χ1) is 9.08. The van der Waals surface area contributed by atoms with E-state index >= 15 is 0 Å². The van der Waals surface area contributed by atoms with Gasteiger partial charge in [-0.3, -0.25) is 9.59 Å². The lowest BCUT2D eigenvalue weighted by molar-refractivity contribution is -0.153. The molecule has 0 spiro atoms. The Labute approximate surface area is 113 Å². The van der Waals surface area contributed by atoms with Crippen molar-refractivity contribution in [1.29, 1.82) is 0 Å². The summed E-state index contributed by atoms with van der Waals surface area (Å²) >= 11 is 0. The smallest absolute Gasteiger partial charge is 0.249 e. The van der Waals surface area contributed by atoms with Gasteiger partial charge in [0.2, 0.25) is 11.8 Å². The molecule has 3 saturated carbocycles. The zero-order chi connectivity index (χ0) is 13.2. The molecule has 4 unspecified atom stereocenters. The number of hydrogen-bond acceptors (Lipinski definition) is 2. The largest absolute Gasteiger partial charge is 0.340 e. The van der Waals surface area contributed by atoms with Crippen molar-refractivity contribution in [2.75, 3.05) is 6.54 Å². The van der Waals surface area contributed by atoms with Crippen LogP contribution in [0, 0.1) is 17.8 Å². The first-order valence-corrected chi connectivity index (χ1v) is 7.70. The Morgan fingerprint density at radius 3 is 2.53 bits per heavy atom. The first kappa shape index (κ1) is 11.7. The van der Waals surface area contributed by atoms with Crippen LogP contribution in [-0.4, -0.2) is 34.8 Å². The van der Waals surface area contributed by atoms with Crippen LogP contribution in [0.3, 0.4) is 0 Å². The zero-order valence-electron chi connectivity index (χ0n) is 11.5. The van der Waals surface area contributed by atoms with Gasteiger partial charge in [-0.1, -0.05) is 6.42 Å². The second-order valence-electron chi connectivity index (χ2n) is 7.20. The molecule has 1 N–H and O–H groups in total. The summed E-state index contributed by atoms with van der Waals surface area (Å²) in [6.45, 7) is 2.22. The summed E-state index contributed by atoms with van der Waals surface area (Å²) in [5.74, 6) is 2.05. The molecule has 1 aliphatic heterocycles. The van der Waals surface area contributed by atoms with Gasteiger partial charge in [0.25, 0.3) is 0 Å². The fourth-order valence-corrected chi connectivity index (χ4v) is 4.71. The van der Waals surface area contributed by atoms with E-state index in [0.29, 0.717) is 17.9 Å². The maximum Gasteiger partial charge on any atom is 0.249 e. The lowest BCUT2D eigenvalue weighted by atomic mass is 9.87. The van der Waals surface area contributed by atoms with Crippen molar-refractivity contribution in [3.63, 3.8) is 0 Å². The summed E-state index contributed by atoms with van der Waals surface area (Å²) in [7, 11) is 0. The van der Waals surface area contributed by atoms with Gasteiger partial charge >= 0.3 is 0 Å². The topological polar surface area (TPSA) is 49.4 Å². The molecule has 0 aromatic carbocycles. The van der Waals surface area contributed by atoms with E-state index in [1.807, 2.05) is 11.8 Å². The minimum absolute atomic E-state index is 0.0387. The summed E-state index contributed by atoms with van der Waals surface area (Å²) < 4.78 is 0. The molecular formula is C15H22N2O2. The van der Waals surface area contributed by atoms with Gasteiger partial charge in [-0.25, -0.2) is 0 Å². The number of nitrogens with one attached hydrogen (secondary N) is 1. The van der Waals surface area contributed by atoms with Crippen molar-refractivity contribution in [3.8, 4) is 0 Å². The predicted octanol–water partition coefficient (Wildman–Crippen LogP) is 1.30. The lowest BCUT2D eigenvalue weighted by Gasteiger charge is -2.44. The summed E-state index contributed by atoms with van der Waals surface area (Å²) in [6, 6.07) is 0.343. The Bertz CT molecular complexity index is 445. The van der Waals surface area contributed by atoms with E-state index < -0.39 is 5.54 Å². The Hall–Kier alpha value is -1.06. The van der Waals surface area contributed by atoms with E-state index in [4.69, 9.17) is 0 Å². The molecule has 4 heteroatoms. The first-order valence-electron chi connectivity index (χ1n) is 7.70. The van der Waals surface area contributed by atoms with E-state index in [0.717, 1.165) is 25.2 Å². The van der Waals surface area contributed by atoms with Crippen molar-refractivity contribution in [3.05, 3.63) is 0 Å². The molecule has 2 amide bonds. The Morgan fingerprint density at radius 1 is 1.16 bits per heavy atom. The minimum Gasteiger partial charge on any atom is -0.340 e. The number of amides is 2. The molecule has 0 aromatic heterocycles. The highest BCUT2D eigenvalue weighted by Crippen LogP contribution is 2.48. The molecule has 4 aliphatic rings. The van der Waals surface area contributed by atoms with Gasteiger partial charge in [0.05, 0.1) is 6.54 Å². The van der Waals surface area contributed by atoms with Gasteiger partial charge in [0, 0.05) is 6.04 Å². The van der Waals surface area contributed by atoms with Crippen LogP contribution in [0.25, 0.3) is 0 Å². The number of rotatable bonds is 2. The molecule has 0 radical (unpaired) electrons. The minimum atomic E-state index is -0.614. The average Bonchev–Trinajstić information content (AvgIpc) is 3.04. The third kappa shape index (κ3) is 1.65. The molecule has 4 nitrogen and oxygen atoms in total. The highest BCUT2D eigenvalue weighted by atomic mass is 16.2. The number of carbonyl (C=O) groups excluding carboxylic acids is 2. The highest BCUT2D eigenvalue weighted by Gasteiger charge is 2.55. The second-order valence-corrected chi connectivity index (χ2v) is 7.20. The van der Waals surface area contributed by atoms with Gasteiger partial charge in [-0.15, -0.1) is 0 Å². The van der Waals surface area contributed by atoms with Gasteiger partial charge in [-0.05, 0) is 56.8 Å². The monoisotopic (exact) mass is 262 g/mol. The number of carbonyl (C=O) groups is 2. The SMILES string of the molecule is CC1(C2CC2)NC(=O)CN(C2CC3CCC2C3)C1=O. The fraction of sp³-hybridized carbons (Fsp3) is 0.867. The van der Waals surface area contributed by atoms with Gasteiger partial charge in [0.15, 0.2) is 0 Å². The molecule has 2 bridgehead atoms. The van der Waals surface area contributed by atoms with Crippen LogP contribution in [0.5, 0.6) is 0 Å². The van der Waals surface area contributed by atoms with E-state index in [9.17, 15) is 9.59 Å². The third-order valence-corrected chi connectivity index (χ3v) is 5.91. The molecular weight excluding hydrogens is 240 g/mol. The number of nitrogens with zero attached hydrogens (tertiary/aromatic N) is 1. The van der Waals surface area contributed by atoms with Gasteiger partial charge in [0.1, 0.15) is 5.54 Å². The van der Waals surface area contributed by atoms with E-state index in [2.05, 4.69) is 5.32 Å². The van der Waals surface area contributed by atoms with Gasteiger partial charge < -0.3 is 10.2 Å². The molecule has 4 rings (SSSR count). The van der Waals surface area contributed by atoms with Crippen LogP contribution in [0.4, 0.5) is 0 Å². The maximum absolute atomic E-state index is 12.8. The van der Waals surface area contributed by atoms with E-state index in [1.54, 1.807) is 0 Å². The van der Waals surface area contributed by atoms with Crippen LogP contribution in [0.1, 0.15) is 45.4 Å². The molecule has 104 valence electrons. The molecule has 19 heavy (non-hydrogen) atoms. The van der Waals surface area contributed by atoms with Crippen molar-refractivity contribution in [2.45, 2.75) is 57.0 Å². The van der Waals surface area contributed by atoms with Crippen molar-refractivity contribution < 1.29 is 9.59 Å². The van der Waals surface area contributed by atoms with Crippen LogP contribution < -0.4 is 5.32 Å². The summed E-state index contributed by atoms with van der Waals surface area (Å²) in [4.78, 5) is 26.8. The molecule has 1 heterocycles. The summed E-state index contributed by atoms with van der Waals surface area (Å²) in [5.41, 5.74) is -0.614.